The molecular weight excluding hydrogens is 466 g/mol. The summed E-state index contributed by atoms with van der Waals surface area (Å²) in [6.07, 6.45) is 4.20. The topological polar surface area (TPSA) is 74.9 Å². The first-order valence-corrected chi connectivity index (χ1v) is 13.4. The molecule has 2 unspecified atom stereocenters. The van der Waals surface area contributed by atoms with Crippen LogP contribution in [0.25, 0.3) is 10.9 Å². The Morgan fingerprint density at radius 1 is 1.05 bits per heavy atom. The number of benzene rings is 2. The first-order valence-electron chi connectivity index (χ1n) is 13.4. The van der Waals surface area contributed by atoms with E-state index in [9.17, 15) is 9.59 Å². The quantitative estimate of drug-likeness (QED) is 0.538. The lowest BCUT2D eigenvalue weighted by molar-refractivity contribution is -0.168. The number of H-pyrrole nitrogens is 1. The van der Waals surface area contributed by atoms with Crippen LogP contribution in [0.1, 0.15) is 69.2 Å². The van der Waals surface area contributed by atoms with Gasteiger partial charge in [-0.3, -0.25) is 9.59 Å². The Labute approximate surface area is 217 Å². The van der Waals surface area contributed by atoms with E-state index in [1.807, 2.05) is 60.9 Å². The normalized spacial score (nSPS) is 24.1. The average molecular weight is 502 g/mol. The van der Waals surface area contributed by atoms with E-state index in [1.54, 1.807) is 7.11 Å². The van der Waals surface area contributed by atoms with Crippen LogP contribution in [-0.2, 0) is 15.1 Å². The molecule has 7 nitrogen and oxygen atoms in total. The Hall–Kier alpha value is -3.48. The molecule has 3 heterocycles. The summed E-state index contributed by atoms with van der Waals surface area (Å²) < 4.78 is 11.6. The van der Waals surface area contributed by atoms with Crippen LogP contribution in [0.15, 0.2) is 42.5 Å². The lowest BCUT2D eigenvalue weighted by atomic mass is 9.76. The van der Waals surface area contributed by atoms with Crippen LogP contribution in [0.4, 0.5) is 0 Å². The predicted molar refractivity (Wildman–Crippen MR) is 142 cm³/mol. The minimum Gasteiger partial charge on any atom is -0.493 e. The van der Waals surface area contributed by atoms with Crippen LogP contribution in [0.2, 0.25) is 0 Å². The zero-order valence-electron chi connectivity index (χ0n) is 22.0. The Kier molecular flexibility index (Phi) is 5.70. The van der Waals surface area contributed by atoms with Gasteiger partial charge in [0, 0.05) is 29.4 Å². The number of carbonyl (C=O) groups is 2. The molecule has 1 N–H and O–H groups in total. The van der Waals surface area contributed by atoms with Crippen LogP contribution >= 0.6 is 0 Å². The van der Waals surface area contributed by atoms with Gasteiger partial charge >= 0.3 is 0 Å². The zero-order chi connectivity index (χ0) is 25.9. The number of nitrogens with one attached hydrogen (secondary N) is 1. The summed E-state index contributed by atoms with van der Waals surface area (Å²) >= 11 is 0. The molecule has 37 heavy (non-hydrogen) atoms. The van der Waals surface area contributed by atoms with E-state index < -0.39 is 5.54 Å². The smallest absolute Gasteiger partial charge is 0.255 e. The molecule has 0 bridgehead atoms. The van der Waals surface area contributed by atoms with Gasteiger partial charge in [0.2, 0.25) is 5.91 Å². The monoisotopic (exact) mass is 501 g/mol. The fourth-order valence-electron chi connectivity index (χ4n) is 6.69. The summed E-state index contributed by atoms with van der Waals surface area (Å²) in [6.45, 7) is 6.50. The molecule has 1 aliphatic carbocycles. The van der Waals surface area contributed by atoms with Crippen molar-refractivity contribution >= 4 is 22.7 Å². The van der Waals surface area contributed by atoms with Gasteiger partial charge in [-0.2, -0.15) is 0 Å². The molecule has 2 aliphatic heterocycles. The van der Waals surface area contributed by atoms with Crippen LogP contribution in [0, 0.1) is 0 Å². The average Bonchev–Trinajstić information content (AvgIpc) is 3.55. The predicted octanol–water partition coefficient (Wildman–Crippen LogP) is 4.94. The number of para-hydroxylation sites is 1. The molecule has 0 radical (unpaired) electrons. The van der Waals surface area contributed by atoms with Gasteiger partial charge in [-0.15, -0.1) is 0 Å². The second-order valence-corrected chi connectivity index (χ2v) is 11.0. The summed E-state index contributed by atoms with van der Waals surface area (Å²) in [6, 6.07) is 14.3. The van der Waals surface area contributed by atoms with Crippen molar-refractivity contribution < 1.29 is 19.1 Å². The molecule has 0 spiro atoms. The number of aromatic amines is 1. The molecule has 3 aliphatic rings. The molecule has 1 aromatic heterocycles. The molecule has 3 aromatic rings. The van der Waals surface area contributed by atoms with Crippen molar-refractivity contribution in [2.45, 2.75) is 70.1 Å². The molecule has 194 valence electrons. The largest absolute Gasteiger partial charge is 0.493 e. The number of fused-ring (bicyclic) bond motifs is 5. The zero-order valence-corrected chi connectivity index (χ0v) is 22.0. The second kappa shape index (κ2) is 8.82. The number of hydrogen-bond acceptors (Lipinski definition) is 4. The molecule has 6 rings (SSSR count). The number of nitrogens with zero attached hydrogens (tertiary/aromatic N) is 2. The third kappa shape index (κ3) is 3.62. The van der Waals surface area contributed by atoms with Gasteiger partial charge in [0.25, 0.3) is 5.91 Å². The van der Waals surface area contributed by atoms with Gasteiger partial charge in [-0.25, -0.2) is 0 Å². The molecule has 2 aromatic carbocycles. The van der Waals surface area contributed by atoms with E-state index in [0.717, 1.165) is 53.4 Å². The first kappa shape index (κ1) is 23.9. The molecule has 1 saturated heterocycles. The van der Waals surface area contributed by atoms with Crippen molar-refractivity contribution in [3.8, 4) is 11.5 Å². The second-order valence-electron chi connectivity index (χ2n) is 11.0. The van der Waals surface area contributed by atoms with E-state index in [4.69, 9.17) is 9.47 Å². The van der Waals surface area contributed by atoms with E-state index in [0.29, 0.717) is 18.0 Å². The summed E-state index contributed by atoms with van der Waals surface area (Å²) in [7, 11) is 1.64. The Morgan fingerprint density at radius 2 is 1.81 bits per heavy atom. The highest BCUT2D eigenvalue weighted by atomic mass is 16.5. The first-order chi connectivity index (χ1) is 17.8. The number of aromatic nitrogens is 1. The minimum absolute atomic E-state index is 0.00929. The summed E-state index contributed by atoms with van der Waals surface area (Å²) in [5.74, 6) is 1.28. The third-order valence-corrected chi connectivity index (χ3v) is 8.49. The molecule has 1 saturated carbocycles. The Bertz CT molecular complexity index is 1370. The van der Waals surface area contributed by atoms with Crippen molar-refractivity contribution in [2.24, 2.45) is 0 Å². The van der Waals surface area contributed by atoms with Crippen LogP contribution in [-0.4, -0.2) is 58.9 Å². The molecule has 2 amide bonds. The maximum absolute atomic E-state index is 14.2. The van der Waals surface area contributed by atoms with E-state index >= 15 is 0 Å². The lowest BCUT2D eigenvalue weighted by Crippen LogP contribution is -2.68. The van der Waals surface area contributed by atoms with E-state index in [-0.39, 0.29) is 36.4 Å². The number of piperazine rings is 1. The summed E-state index contributed by atoms with van der Waals surface area (Å²) in [4.78, 5) is 35.2. The van der Waals surface area contributed by atoms with Crippen molar-refractivity contribution in [1.29, 1.82) is 0 Å². The van der Waals surface area contributed by atoms with Crippen LogP contribution < -0.4 is 9.47 Å². The standard InChI is InChI=1S/C30H35N3O4/c1-18(2)37-24-14-13-19(15-25(24)36-4)22-16-33-26(34)17-32(20-9-5-6-10-20)29(35)30(33,3)28-27(22)21-11-7-8-12-23(21)31-28/h7-8,11-15,18,20,22,31H,5-6,9-10,16-17H2,1-4H3. The van der Waals surface area contributed by atoms with E-state index in [2.05, 4.69) is 17.1 Å². The van der Waals surface area contributed by atoms with Gasteiger partial charge in [-0.1, -0.05) is 37.1 Å². The number of amides is 2. The maximum Gasteiger partial charge on any atom is 0.255 e. The van der Waals surface area contributed by atoms with E-state index in [1.165, 1.54) is 0 Å². The summed E-state index contributed by atoms with van der Waals surface area (Å²) in [5, 5.41) is 1.09. The Balaban J connectivity index is 1.51. The number of methoxy groups -OCH3 is 1. The van der Waals surface area contributed by atoms with Crippen LogP contribution in [0.5, 0.6) is 11.5 Å². The van der Waals surface area contributed by atoms with Crippen molar-refractivity contribution in [2.75, 3.05) is 20.2 Å². The van der Waals surface area contributed by atoms with Crippen molar-refractivity contribution in [3.05, 3.63) is 59.3 Å². The fourth-order valence-corrected chi connectivity index (χ4v) is 6.69. The van der Waals surface area contributed by atoms with Crippen molar-refractivity contribution in [1.82, 2.24) is 14.8 Å². The maximum atomic E-state index is 14.2. The number of carbonyl (C=O) groups excluding carboxylic acids is 2. The Morgan fingerprint density at radius 3 is 2.54 bits per heavy atom. The van der Waals surface area contributed by atoms with Crippen molar-refractivity contribution in [3.63, 3.8) is 0 Å². The highest BCUT2D eigenvalue weighted by Crippen LogP contribution is 2.49. The SMILES string of the molecule is COc1cc(C2CN3C(=O)CN(C4CCCC4)C(=O)C3(C)c3[nH]c4ccccc4c32)ccc1OC(C)C. The highest BCUT2D eigenvalue weighted by molar-refractivity contribution is 6.01. The number of ether oxygens (including phenoxy) is 2. The highest BCUT2D eigenvalue weighted by Gasteiger charge is 2.57. The van der Waals surface area contributed by atoms with Crippen LogP contribution in [0.3, 0.4) is 0 Å². The van der Waals surface area contributed by atoms with Gasteiger partial charge in [0.15, 0.2) is 17.0 Å². The molecule has 2 fully saturated rings. The minimum atomic E-state index is -1.06. The molecule has 7 heteroatoms. The number of hydrogen-bond donors (Lipinski definition) is 1. The molecule has 2 atom stereocenters. The van der Waals surface area contributed by atoms with Gasteiger partial charge in [0.1, 0.15) is 6.54 Å². The van der Waals surface area contributed by atoms with Gasteiger partial charge in [0.05, 0.1) is 18.9 Å². The fraction of sp³-hybridized carbons (Fsp3) is 0.467. The summed E-state index contributed by atoms with van der Waals surface area (Å²) in [5.41, 5.74) is 2.86. The lowest BCUT2D eigenvalue weighted by Gasteiger charge is -2.52. The van der Waals surface area contributed by atoms with Gasteiger partial charge in [-0.05, 0) is 62.9 Å². The van der Waals surface area contributed by atoms with Gasteiger partial charge < -0.3 is 24.3 Å². The molecular formula is C30H35N3O4. The third-order valence-electron chi connectivity index (χ3n) is 8.49. The number of rotatable bonds is 5.